The molecule has 0 aliphatic carbocycles. The summed E-state index contributed by atoms with van der Waals surface area (Å²) in [5, 5.41) is 8.50. The molecule has 0 aliphatic heterocycles. The molecule has 2 aromatic carbocycles. The Kier molecular flexibility index (Phi) is 7.22. The van der Waals surface area contributed by atoms with Crippen LogP contribution in [0.1, 0.15) is 11.1 Å². The molecular weight excluding hydrogens is 374 g/mol. The highest BCUT2D eigenvalue weighted by atomic mass is 32.2. The lowest BCUT2D eigenvalue weighted by Crippen LogP contribution is -2.34. The van der Waals surface area contributed by atoms with Crippen LogP contribution in [0.5, 0.6) is 0 Å². The maximum atomic E-state index is 12.7. The van der Waals surface area contributed by atoms with Crippen LogP contribution in [0.4, 0.5) is 0 Å². The topological polar surface area (TPSA) is 68.5 Å². The van der Waals surface area contributed by atoms with Gasteiger partial charge in [-0.1, -0.05) is 59.8 Å². The van der Waals surface area contributed by atoms with Crippen molar-refractivity contribution in [1.82, 2.24) is 15.1 Å². The van der Waals surface area contributed by atoms with Crippen LogP contribution in [-0.4, -0.2) is 47.0 Å². The van der Waals surface area contributed by atoms with Gasteiger partial charge in [-0.05, 0) is 24.6 Å². The van der Waals surface area contributed by atoms with Crippen molar-refractivity contribution in [3.8, 4) is 11.5 Å². The van der Waals surface area contributed by atoms with E-state index in [1.807, 2.05) is 61.5 Å². The summed E-state index contributed by atoms with van der Waals surface area (Å²) in [5.41, 5.74) is 3.11. The summed E-state index contributed by atoms with van der Waals surface area (Å²) in [4.78, 5) is 14.5. The molecule has 146 valence electrons. The average molecular weight is 398 g/mol. The van der Waals surface area contributed by atoms with E-state index in [1.165, 1.54) is 11.8 Å². The second-order valence-corrected chi connectivity index (χ2v) is 7.25. The lowest BCUT2D eigenvalue weighted by Gasteiger charge is -2.22. The molecule has 0 aliphatic rings. The van der Waals surface area contributed by atoms with E-state index in [4.69, 9.17) is 9.15 Å². The average Bonchev–Trinajstić information content (AvgIpc) is 3.19. The van der Waals surface area contributed by atoms with E-state index < -0.39 is 0 Å². The van der Waals surface area contributed by atoms with Crippen LogP contribution in [-0.2, 0) is 16.1 Å². The summed E-state index contributed by atoms with van der Waals surface area (Å²) < 4.78 is 10.8. The Morgan fingerprint density at radius 2 is 1.86 bits per heavy atom. The van der Waals surface area contributed by atoms with E-state index in [-0.39, 0.29) is 11.7 Å². The van der Waals surface area contributed by atoms with Crippen LogP contribution >= 0.6 is 11.8 Å². The predicted molar refractivity (Wildman–Crippen MR) is 109 cm³/mol. The van der Waals surface area contributed by atoms with Gasteiger partial charge >= 0.3 is 0 Å². The van der Waals surface area contributed by atoms with Gasteiger partial charge in [0.1, 0.15) is 0 Å². The van der Waals surface area contributed by atoms with Crippen LogP contribution in [0.25, 0.3) is 11.5 Å². The van der Waals surface area contributed by atoms with Crippen LogP contribution in [0.2, 0.25) is 0 Å². The Morgan fingerprint density at radius 1 is 1.11 bits per heavy atom. The van der Waals surface area contributed by atoms with Gasteiger partial charge in [-0.2, -0.15) is 0 Å². The molecule has 0 radical (unpaired) electrons. The molecule has 0 fully saturated rings. The quantitative estimate of drug-likeness (QED) is 0.512. The number of hydrogen-bond donors (Lipinski definition) is 0. The number of aromatic nitrogens is 2. The van der Waals surface area contributed by atoms with E-state index in [0.717, 1.165) is 16.7 Å². The van der Waals surface area contributed by atoms with Crippen molar-refractivity contribution in [2.75, 3.05) is 26.0 Å². The Balaban J connectivity index is 1.60. The summed E-state index contributed by atoms with van der Waals surface area (Å²) >= 11 is 1.25. The predicted octanol–water partition coefficient (Wildman–Crippen LogP) is 3.81. The molecule has 0 spiro atoms. The van der Waals surface area contributed by atoms with Gasteiger partial charge in [0.25, 0.3) is 5.22 Å². The molecule has 0 N–H and O–H groups in total. The number of benzene rings is 2. The zero-order chi connectivity index (χ0) is 19.8. The fourth-order valence-corrected chi connectivity index (χ4v) is 3.26. The number of methoxy groups -OCH3 is 1. The van der Waals surface area contributed by atoms with Gasteiger partial charge < -0.3 is 14.1 Å². The van der Waals surface area contributed by atoms with Crippen molar-refractivity contribution >= 4 is 17.7 Å². The number of amides is 1. The largest absolute Gasteiger partial charge is 0.411 e. The zero-order valence-corrected chi connectivity index (χ0v) is 16.8. The van der Waals surface area contributed by atoms with Crippen molar-refractivity contribution < 1.29 is 13.9 Å². The van der Waals surface area contributed by atoms with E-state index in [1.54, 1.807) is 12.0 Å². The second-order valence-electron chi connectivity index (χ2n) is 6.32. The minimum Gasteiger partial charge on any atom is -0.411 e. The molecule has 0 atom stereocenters. The van der Waals surface area contributed by atoms with Crippen LogP contribution < -0.4 is 0 Å². The van der Waals surface area contributed by atoms with Crippen molar-refractivity contribution in [2.45, 2.75) is 18.7 Å². The molecule has 0 bridgehead atoms. The van der Waals surface area contributed by atoms with Gasteiger partial charge in [-0.25, -0.2) is 0 Å². The third kappa shape index (κ3) is 5.68. The van der Waals surface area contributed by atoms with Crippen LogP contribution in [0.15, 0.2) is 64.2 Å². The first-order valence-corrected chi connectivity index (χ1v) is 9.98. The highest BCUT2D eigenvalue weighted by molar-refractivity contribution is 7.99. The molecule has 6 nitrogen and oxygen atoms in total. The minimum atomic E-state index is 0.000916. The number of carbonyl (C=O) groups is 1. The normalized spacial score (nSPS) is 10.8. The SMILES string of the molecule is COCCN(Cc1ccccc1)C(=O)CSc1nnc(-c2ccc(C)cc2)o1. The number of rotatable bonds is 9. The first-order chi connectivity index (χ1) is 13.7. The van der Waals surface area contributed by atoms with Crippen molar-refractivity contribution in [3.05, 3.63) is 65.7 Å². The summed E-state index contributed by atoms with van der Waals surface area (Å²) in [6.07, 6.45) is 0. The maximum absolute atomic E-state index is 12.7. The lowest BCUT2D eigenvalue weighted by molar-refractivity contribution is -0.129. The Morgan fingerprint density at radius 3 is 2.57 bits per heavy atom. The van der Waals surface area contributed by atoms with Crippen molar-refractivity contribution in [1.29, 1.82) is 0 Å². The summed E-state index contributed by atoms with van der Waals surface area (Å²) in [7, 11) is 1.63. The van der Waals surface area contributed by atoms with Crippen LogP contribution in [0, 0.1) is 6.92 Å². The Hall–Kier alpha value is -2.64. The first kappa shape index (κ1) is 20.1. The summed E-state index contributed by atoms with van der Waals surface area (Å²) in [6, 6.07) is 17.8. The lowest BCUT2D eigenvalue weighted by atomic mass is 10.1. The van der Waals surface area contributed by atoms with E-state index in [2.05, 4.69) is 10.2 Å². The molecule has 3 aromatic rings. The number of aryl methyl sites for hydroxylation is 1. The number of thioether (sulfide) groups is 1. The third-order valence-electron chi connectivity index (χ3n) is 4.16. The van der Waals surface area contributed by atoms with Gasteiger partial charge in [-0.3, -0.25) is 4.79 Å². The highest BCUT2D eigenvalue weighted by Crippen LogP contribution is 2.23. The molecule has 1 aromatic heterocycles. The number of nitrogens with zero attached hydrogens (tertiary/aromatic N) is 3. The smallest absolute Gasteiger partial charge is 0.277 e. The zero-order valence-electron chi connectivity index (χ0n) is 16.0. The Labute approximate surface area is 168 Å². The second kappa shape index (κ2) is 10.1. The molecule has 1 amide bonds. The third-order valence-corrected chi connectivity index (χ3v) is 4.96. The van der Waals surface area contributed by atoms with Gasteiger partial charge in [-0.15, -0.1) is 10.2 Å². The highest BCUT2D eigenvalue weighted by Gasteiger charge is 2.17. The number of ether oxygens (including phenoxy) is 1. The fraction of sp³-hybridized carbons (Fsp3) is 0.286. The standard InChI is InChI=1S/C21H23N3O3S/c1-16-8-10-18(11-9-16)20-22-23-21(27-20)28-15-19(25)24(12-13-26-2)14-17-6-4-3-5-7-17/h3-11H,12-15H2,1-2H3. The maximum Gasteiger partial charge on any atom is 0.277 e. The fourth-order valence-electron chi connectivity index (χ4n) is 2.59. The molecule has 0 unspecified atom stereocenters. The summed E-state index contributed by atoms with van der Waals surface area (Å²) in [5.74, 6) is 0.683. The molecule has 3 rings (SSSR count). The molecular formula is C21H23N3O3S. The first-order valence-electron chi connectivity index (χ1n) is 8.99. The molecule has 0 saturated carbocycles. The van der Waals surface area contributed by atoms with E-state index in [9.17, 15) is 4.79 Å². The Bertz CT molecular complexity index is 881. The van der Waals surface area contributed by atoms with Gasteiger partial charge in [0, 0.05) is 25.8 Å². The molecule has 0 saturated heterocycles. The monoisotopic (exact) mass is 397 g/mol. The number of carbonyl (C=O) groups excluding carboxylic acids is 1. The van der Waals surface area contributed by atoms with Crippen molar-refractivity contribution in [2.24, 2.45) is 0 Å². The minimum absolute atomic E-state index is 0.000916. The van der Waals surface area contributed by atoms with E-state index >= 15 is 0 Å². The summed E-state index contributed by atoms with van der Waals surface area (Å²) in [6.45, 7) is 3.59. The number of hydrogen-bond acceptors (Lipinski definition) is 6. The van der Waals surface area contributed by atoms with E-state index in [0.29, 0.717) is 30.8 Å². The molecule has 7 heteroatoms. The molecule has 28 heavy (non-hydrogen) atoms. The van der Waals surface area contributed by atoms with Crippen molar-refractivity contribution in [3.63, 3.8) is 0 Å². The van der Waals surface area contributed by atoms with Gasteiger partial charge in [0.15, 0.2) is 0 Å². The van der Waals surface area contributed by atoms with Gasteiger partial charge in [0.2, 0.25) is 11.8 Å². The van der Waals surface area contributed by atoms with Crippen LogP contribution in [0.3, 0.4) is 0 Å². The van der Waals surface area contributed by atoms with Gasteiger partial charge in [0.05, 0.1) is 12.4 Å². The molecule has 1 heterocycles.